The normalized spacial score (nSPS) is 16.5. The maximum atomic E-state index is 13.8. The maximum absolute atomic E-state index is 13.8. The van der Waals surface area contributed by atoms with Crippen molar-refractivity contribution in [1.29, 1.82) is 0 Å². The van der Waals surface area contributed by atoms with Gasteiger partial charge in [0.05, 0.1) is 11.0 Å². The van der Waals surface area contributed by atoms with Crippen molar-refractivity contribution in [2.75, 3.05) is 56.4 Å². The molecule has 0 spiro atoms. The summed E-state index contributed by atoms with van der Waals surface area (Å²) in [6.45, 7) is 7.49. The monoisotopic (exact) mass is 646 g/mol. The molecule has 232 valence electrons. The molecule has 2 aromatic carbocycles. The van der Waals surface area contributed by atoms with Gasteiger partial charge in [0.15, 0.2) is 0 Å². The van der Waals surface area contributed by atoms with Gasteiger partial charge in [0.25, 0.3) is 5.91 Å². The number of nitrogens with zero attached hydrogens (tertiary/aromatic N) is 6. The fourth-order valence-corrected chi connectivity index (χ4v) is 6.74. The number of carbonyl (C=O) groups excluding carboxylic acids is 2. The quantitative estimate of drug-likeness (QED) is 0.251. The van der Waals surface area contributed by atoms with Crippen LogP contribution in [0.5, 0.6) is 0 Å². The summed E-state index contributed by atoms with van der Waals surface area (Å²) < 4.78 is 41.7. The standard InChI is InChI=1S/C30H30ClF3N6O3S/c1-19-35-23-16-22(8-9-24(23)38(19)11-3-10-37-14-12-36(2)13-15-37)39-18-40(43-29(42)30(32,33)34)25-17-26(44-27(25)28(39)41)20-4-6-21(31)7-5-20/h4-9,16-17H,3,10-15,18H2,1-2H3. The molecule has 0 unspecified atom stereocenters. The molecule has 2 aliphatic heterocycles. The number of likely N-dealkylation sites (N-methyl/N-ethyl adjacent to an activating group) is 1. The van der Waals surface area contributed by atoms with Crippen LogP contribution in [0.2, 0.25) is 5.02 Å². The van der Waals surface area contributed by atoms with Crippen molar-refractivity contribution in [2.24, 2.45) is 0 Å². The Morgan fingerprint density at radius 2 is 1.77 bits per heavy atom. The minimum Gasteiger partial charge on any atom is -0.330 e. The molecule has 9 nitrogen and oxygen atoms in total. The van der Waals surface area contributed by atoms with E-state index < -0.39 is 24.7 Å². The predicted octanol–water partition coefficient (Wildman–Crippen LogP) is 5.81. The lowest BCUT2D eigenvalue weighted by atomic mass is 10.1. The summed E-state index contributed by atoms with van der Waals surface area (Å²) in [5.41, 5.74) is 2.77. The number of alkyl halides is 3. The predicted molar refractivity (Wildman–Crippen MR) is 164 cm³/mol. The van der Waals surface area contributed by atoms with Crippen LogP contribution in [-0.4, -0.2) is 83.8 Å². The molecule has 0 radical (unpaired) electrons. The van der Waals surface area contributed by atoms with Gasteiger partial charge in [-0.2, -0.15) is 18.2 Å². The minimum absolute atomic E-state index is 0.0837. The summed E-state index contributed by atoms with van der Waals surface area (Å²) in [6.07, 6.45) is -4.26. The number of thiophene rings is 1. The first-order valence-corrected chi connectivity index (χ1v) is 15.3. The molecule has 6 rings (SSSR count). The van der Waals surface area contributed by atoms with E-state index >= 15 is 0 Å². The zero-order valence-corrected chi connectivity index (χ0v) is 25.7. The molecule has 4 heterocycles. The Morgan fingerprint density at radius 3 is 2.48 bits per heavy atom. The van der Waals surface area contributed by atoms with Gasteiger partial charge in [-0.15, -0.1) is 11.3 Å². The van der Waals surface area contributed by atoms with Gasteiger partial charge in [0.1, 0.15) is 23.1 Å². The van der Waals surface area contributed by atoms with Gasteiger partial charge in [-0.1, -0.05) is 23.7 Å². The van der Waals surface area contributed by atoms with E-state index in [1.807, 2.05) is 13.0 Å². The average Bonchev–Trinajstić information content (AvgIpc) is 3.57. The Kier molecular flexibility index (Phi) is 8.31. The van der Waals surface area contributed by atoms with E-state index in [1.54, 1.807) is 42.5 Å². The highest BCUT2D eigenvalue weighted by atomic mass is 35.5. The number of anilines is 2. The Morgan fingerprint density at radius 1 is 1.05 bits per heavy atom. The largest absolute Gasteiger partial charge is 0.493 e. The molecule has 0 aliphatic carbocycles. The molecule has 1 saturated heterocycles. The van der Waals surface area contributed by atoms with Crippen molar-refractivity contribution in [2.45, 2.75) is 26.1 Å². The van der Waals surface area contributed by atoms with Gasteiger partial charge in [0, 0.05) is 48.3 Å². The summed E-state index contributed by atoms with van der Waals surface area (Å²) in [5.74, 6) is -1.97. The number of aryl methyl sites for hydroxylation is 2. The fourth-order valence-electron chi connectivity index (χ4n) is 5.51. The third kappa shape index (κ3) is 6.14. The molecule has 0 saturated carbocycles. The zero-order valence-electron chi connectivity index (χ0n) is 24.1. The van der Waals surface area contributed by atoms with Gasteiger partial charge in [-0.3, -0.25) is 9.69 Å². The van der Waals surface area contributed by atoms with E-state index in [0.717, 1.165) is 73.4 Å². The molecular weight excluding hydrogens is 617 g/mol. The Balaban J connectivity index is 1.27. The molecule has 4 aromatic rings. The molecular formula is C30H30ClF3N6O3S. The van der Waals surface area contributed by atoms with Crippen LogP contribution in [-0.2, 0) is 16.2 Å². The summed E-state index contributed by atoms with van der Waals surface area (Å²) in [6, 6.07) is 13.7. The van der Waals surface area contributed by atoms with Crippen LogP contribution < -0.4 is 9.96 Å². The van der Waals surface area contributed by atoms with Crippen LogP contribution in [0, 0.1) is 6.92 Å². The number of aromatic nitrogens is 2. The highest BCUT2D eigenvalue weighted by Crippen LogP contribution is 2.42. The highest BCUT2D eigenvalue weighted by Gasteiger charge is 2.45. The van der Waals surface area contributed by atoms with Gasteiger partial charge in [0.2, 0.25) is 0 Å². The second-order valence-electron chi connectivity index (χ2n) is 10.9. The van der Waals surface area contributed by atoms with Crippen molar-refractivity contribution in [1.82, 2.24) is 19.4 Å². The number of hydroxylamine groups is 1. The number of benzene rings is 2. The summed E-state index contributed by atoms with van der Waals surface area (Å²) in [5, 5.41) is 1.33. The lowest BCUT2D eigenvalue weighted by Crippen LogP contribution is -2.48. The van der Waals surface area contributed by atoms with Gasteiger partial charge < -0.3 is 19.2 Å². The number of imidazole rings is 1. The summed E-state index contributed by atoms with van der Waals surface area (Å²) in [4.78, 5) is 42.0. The van der Waals surface area contributed by atoms with Crippen molar-refractivity contribution >= 4 is 57.2 Å². The Bertz CT molecular complexity index is 1700. The third-order valence-electron chi connectivity index (χ3n) is 7.93. The van der Waals surface area contributed by atoms with Gasteiger partial charge in [-0.25, -0.2) is 9.78 Å². The third-order valence-corrected chi connectivity index (χ3v) is 9.34. The number of amides is 1. The number of halogens is 4. The number of hydrogen-bond acceptors (Lipinski definition) is 8. The lowest BCUT2D eigenvalue weighted by molar-refractivity contribution is -0.201. The number of fused-ring (bicyclic) bond motifs is 2. The maximum Gasteiger partial charge on any atom is 0.493 e. The lowest BCUT2D eigenvalue weighted by Gasteiger charge is -2.34. The SMILES string of the molecule is Cc1nc2cc(N3CN(OC(=O)C(F)(F)F)c4cc(-c5ccc(Cl)cc5)sc4C3=O)ccc2n1CCCN1CCN(C)CC1. The number of hydrogen-bond donors (Lipinski definition) is 0. The summed E-state index contributed by atoms with van der Waals surface area (Å²) >= 11 is 7.10. The van der Waals surface area contributed by atoms with Crippen molar-refractivity contribution in [3.8, 4) is 10.4 Å². The van der Waals surface area contributed by atoms with Crippen LogP contribution >= 0.6 is 22.9 Å². The first-order valence-electron chi connectivity index (χ1n) is 14.1. The smallest absolute Gasteiger partial charge is 0.330 e. The fraction of sp³-hybridized carbons (Fsp3) is 0.367. The topological polar surface area (TPSA) is 74.1 Å². The Labute approximate surface area is 260 Å². The molecule has 0 atom stereocenters. The first-order chi connectivity index (χ1) is 21.0. The summed E-state index contributed by atoms with van der Waals surface area (Å²) in [7, 11) is 2.13. The van der Waals surface area contributed by atoms with Gasteiger partial charge in [-0.05, 0) is 68.9 Å². The van der Waals surface area contributed by atoms with Crippen molar-refractivity contribution < 1.29 is 27.6 Å². The Hall–Kier alpha value is -3.65. The van der Waals surface area contributed by atoms with Crippen LogP contribution in [0.25, 0.3) is 21.5 Å². The zero-order chi connectivity index (χ0) is 31.2. The molecule has 1 amide bonds. The molecule has 0 N–H and O–H groups in total. The van der Waals surface area contributed by atoms with E-state index in [9.17, 15) is 22.8 Å². The van der Waals surface area contributed by atoms with Crippen molar-refractivity contribution in [3.63, 3.8) is 0 Å². The number of piperazine rings is 1. The van der Waals surface area contributed by atoms with Crippen LogP contribution in [0.15, 0.2) is 48.5 Å². The second kappa shape index (κ2) is 12.0. The van der Waals surface area contributed by atoms with E-state index in [-0.39, 0.29) is 10.6 Å². The highest BCUT2D eigenvalue weighted by molar-refractivity contribution is 7.18. The average molecular weight is 647 g/mol. The molecule has 0 bridgehead atoms. The van der Waals surface area contributed by atoms with Crippen LogP contribution in [0.4, 0.5) is 24.5 Å². The first kappa shape index (κ1) is 30.4. The van der Waals surface area contributed by atoms with Crippen molar-refractivity contribution in [3.05, 3.63) is 64.3 Å². The molecule has 14 heteroatoms. The minimum atomic E-state index is -5.21. The number of rotatable bonds is 7. The van der Waals surface area contributed by atoms with E-state index in [0.29, 0.717) is 26.7 Å². The van der Waals surface area contributed by atoms with E-state index in [1.165, 1.54) is 4.90 Å². The second-order valence-corrected chi connectivity index (χ2v) is 12.4. The van der Waals surface area contributed by atoms with Crippen LogP contribution in [0.1, 0.15) is 21.9 Å². The molecule has 2 aromatic heterocycles. The van der Waals surface area contributed by atoms with E-state index in [2.05, 4.69) is 21.4 Å². The van der Waals surface area contributed by atoms with Crippen LogP contribution in [0.3, 0.4) is 0 Å². The molecule has 1 fully saturated rings. The number of carbonyl (C=O) groups is 2. The molecule has 2 aliphatic rings. The molecule has 44 heavy (non-hydrogen) atoms. The van der Waals surface area contributed by atoms with E-state index in [4.69, 9.17) is 21.4 Å². The van der Waals surface area contributed by atoms with Gasteiger partial charge >= 0.3 is 12.1 Å².